The lowest BCUT2D eigenvalue weighted by Gasteiger charge is -2.32. The lowest BCUT2D eigenvalue weighted by Crippen LogP contribution is -2.35. The van der Waals surface area contributed by atoms with Crippen molar-refractivity contribution in [3.05, 3.63) is 82.8 Å². The molecule has 9 nitrogen and oxygen atoms in total. The number of hydrogen-bond donors (Lipinski definition) is 2. The van der Waals surface area contributed by atoms with Gasteiger partial charge in [-0.15, -0.1) is 0 Å². The molecular weight excluding hydrogens is 516 g/mol. The fraction of sp³-hybridized carbons (Fsp3) is 0.375. The van der Waals surface area contributed by atoms with Gasteiger partial charge in [0.2, 0.25) is 5.88 Å². The Balaban J connectivity index is 1.09. The highest BCUT2D eigenvalue weighted by atomic mass is 16.5. The summed E-state index contributed by atoms with van der Waals surface area (Å²) in [7, 11) is 1.86. The molecule has 6 rings (SSSR count). The molecule has 2 fully saturated rings. The first-order chi connectivity index (χ1) is 20.1. The molecule has 4 heterocycles. The second-order valence-corrected chi connectivity index (χ2v) is 10.8. The zero-order valence-corrected chi connectivity index (χ0v) is 23.4. The Labute approximate surface area is 240 Å². The highest BCUT2D eigenvalue weighted by Gasteiger charge is 2.26. The molecule has 2 aromatic carbocycles. The molecule has 0 spiro atoms. The number of carbonyl (C=O) groups is 1. The molecule has 0 amide bonds. The average molecular weight is 553 g/mol. The predicted molar refractivity (Wildman–Crippen MR) is 159 cm³/mol. The van der Waals surface area contributed by atoms with Gasteiger partial charge in [-0.25, -0.2) is 9.97 Å². The number of likely N-dealkylation sites (tertiary alicyclic amines) is 1. The smallest absolute Gasteiger partial charge is 0.213 e. The second-order valence-electron chi connectivity index (χ2n) is 10.8. The third-order valence-electron chi connectivity index (χ3n) is 8.21. The Hall–Kier alpha value is -4.08. The van der Waals surface area contributed by atoms with Gasteiger partial charge in [-0.2, -0.15) is 0 Å². The number of nitrogens with zero attached hydrogens (tertiary/aromatic N) is 4. The highest BCUT2D eigenvalue weighted by molar-refractivity contribution is 5.86. The van der Waals surface area contributed by atoms with E-state index < -0.39 is 0 Å². The monoisotopic (exact) mass is 552 g/mol. The first-order valence-electron chi connectivity index (χ1n) is 14.3. The van der Waals surface area contributed by atoms with Crippen LogP contribution in [0, 0.1) is 5.41 Å². The van der Waals surface area contributed by atoms with Crippen molar-refractivity contribution in [3.8, 4) is 5.88 Å². The number of imidazole rings is 1. The molecule has 0 radical (unpaired) electrons. The standard InChI is InChI=1S/C32H36N6O3/c1-34-29-15-23(5-7-25(29)17-33)21-41-32-4-2-3-27(36-32)24-9-12-37(13-10-24)19-31-35-28-8-6-22(20-39)16-30(28)38(31)18-26-11-14-40-26/h2-8,15-17,20,24,26,33-34H,9-14,18-19,21H2,1H3. The molecule has 9 heteroatoms. The van der Waals surface area contributed by atoms with Crippen molar-refractivity contribution >= 4 is 29.2 Å². The lowest BCUT2D eigenvalue weighted by molar-refractivity contribution is -0.0592. The van der Waals surface area contributed by atoms with Crippen LogP contribution in [0.2, 0.25) is 0 Å². The summed E-state index contributed by atoms with van der Waals surface area (Å²) >= 11 is 0. The van der Waals surface area contributed by atoms with Gasteiger partial charge in [0, 0.05) is 54.4 Å². The number of nitrogens with one attached hydrogen (secondary N) is 2. The maximum Gasteiger partial charge on any atom is 0.213 e. The Morgan fingerprint density at radius 2 is 1.95 bits per heavy atom. The van der Waals surface area contributed by atoms with E-state index in [0.717, 1.165) is 97.7 Å². The number of fused-ring (bicyclic) bond motifs is 1. The number of rotatable bonds is 11. The number of hydrogen-bond acceptors (Lipinski definition) is 8. The van der Waals surface area contributed by atoms with Crippen LogP contribution >= 0.6 is 0 Å². The van der Waals surface area contributed by atoms with Crippen LogP contribution in [0.25, 0.3) is 11.0 Å². The Morgan fingerprint density at radius 3 is 2.68 bits per heavy atom. The van der Waals surface area contributed by atoms with Crippen LogP contribution in [0.4, 0.5) is 5.69 Å². The second kappa shape index (κ2) is 12.2. The first kappa shape index (κ1) is 27.1. The molecule has 2 aliphatic heterocycles. The topological polar surface area (TPSA) is 105 Å². The van der Waals surface area contributed by atoms with Gasteiger partial charge in [0.25, 0.3) is 0 Å². The van der Waals surface area contributed by atoms with Gasteiger partial charge in [0.05, 0.1) is 30.2 Å². The maximum absolute atomic E-state index is 11.4. The number of piperidine rings is 1. The third-order valence-corrected chi connectivity index (χ3v) is 8.21. The molecule has 2 aliphatic rings. The van der Waals surface area contributed by atoms with Crippen molar-refractivity contribution in [1.82, 2.24) is 19.4 Å². The van der Waals surface area contributed by atoms with Crippen LogP contribution < -0.4 is 10.1 Å². The molecule has 1 unspecified atom stereocenters. The zero-order chi connectivity index (χ0) is 28.2. The van der Waals surface area contributed by atoms with E-state index in [9.17, 15) is 4.79 Å². The largest absolute Gasteiger partial charge is 0.473 e. The van der Waals surface area contributed by atoms with Crippen molar-refractivity contribution in [3.63, 3.8) is 0 Å². The number of benzene rings is 2. The van der Waals surface area contributed by atoms with Gasteiger partial charge in [-0.05, 0) is 68.2 Å². The molecule has 0 saturated carbocycles. The van der Waals surface area contributed by atoms with Gasteiger partial charge >= 0.3 is 0 Å². The number of carbonyl (C=O) groups excluding carboxylic acids is 1. The van der Waals surface area contributed by atoms with Crippen molar-refractivity contribution in [2.75, 3.05) is 32.1 Å². The average Bonchev–Trinajstić information content (AvgIpc) is 3.33. The zero-order valence-electron chi connectivity index (χ0n) is 23.4. The summed E-state index contributed by atoms with van der Waals surface area (Å²) in [5, 5.41) is 10.7. The maximum atomic E-state index is 11.4. The number of ether oxygens (including phenoxy) is 2. The van der Waals surface area contributed by atoms with E-state index in [4.69, 9.17) is 24.9 Å². The molecule has 212 valence electrons. The third kappa shape index (κ3) is 6.01. The van der Waals surface area contributed by atoms with Crippen LogP contribution in [0.5, 0.6) is 5.88 Å². The van der Waals surface area contributed by atoms with Gasteiger partial charge in [0.1, 0.15) is 18.7 Å². The van der Waals surface area contributed by atoms with Gasteiger partial charge in [-0.3, -0.25) is 9.69 Å². The van der Waals surface area contributed by atoms with E-state index in [1.807, 2.05) is 55.6 Å². The molecule has 2 aromatic heterocycles. The van der Waals surface area contributed by atoms with Crippen LogP contribution in [0.1, 0.15) is 58.2 Å². The number of pyridine rings is 1. The van der Waals surface area contributed by atoms with E-state index in [-0.39, 0.29) is 6.10 Å². The quantitative estimate of drug-likeness (QED) is 0.199. The fourth-order valence-corrected chi connectivity index (χ4v) is 5.74. The fourth-order valence-electron chi connectivity index (χ4n) is 5.74. The molecular formula is C32H36N6O3. The molecule has 0 aliphatic carbocycles. The SMILES string of the molecule is CNc1cc(COc2cccc(C3CCN(Cc4nc5ccc(C=O)cc5n4CC4CCO4)CC3)n2)ccc1C=N. The Morgan fingerprint density at radius 1 is 1.10 bits per heavy atom. The summed E-state index contributed by atoms with van der Waals surface area (Å²) in [5.74, 6) is 2.05. The van der Waals surface area contributed by atoms with Gasteiger partial charge in [0.15, 0.2) is 0 Å². The summed E-state index contributed by atoms with van der Waals surface area (Å²) < 4.78 is 14.0. The Kier molecular flexibility index (Phi) is 8.07. The molecule has 0 bridgehead atoms. The van der Waals surface area contributed by atoms with E-state index in [2.05, 4.69) is 20.9 Å². The van der Waals surface area contributed by atoms with E-state index in [1.165, 1.54) is 6.21 Å². The van der Waals surface area contributed by atoms with Gasteiger partial charge in [-0.1, -0.05) is 18.2 Å². The summed E-state index contributed by atoms with van der Waals surface area (Å²) in [6.45, 7) is 4.70. The molecule has 2 saturated heterocycles. The summed E-state index contributed by atoms with van der Waals surface area (Å²) in [4.78, 5) is 23.7. The Bertz CT molecular complexity index is 1540. The van der Waals surface area contributed by atoms with Crippen molar-refractivity contribution in [2.24, 2.45) is 0 Å². The van der Waals surface area contributed by atoms with Gasteiger partial charge < -0.3 is 24.8 Å². The number of aromatic nitrogens is 3. The number of anilines is 1. The van der Waals surface area contributed by atoms with E-state index in [1.54, 1.807) is 0 Å². The van der Waals surface area contributed by atoms with Crippen LogP contribution in [-0.2, 0) is 24.4 Å². The van der Waals surface area contributed by atoms with Crippen LogP contribution in [0.3, 0.4) is 0 Å². The first-order valence-corrected chi connectivity index (χ1v) is 14.3. The number of aldehydes is 1. The summed E-state index contributed by atoms with van der Waals surface area (Å²) in [6.07, 6.45) is 5.55. The molecule has 1 atom stereocenters. The van der Waals surface area contributed by atoms with Crippen LogP contribution in [-0.4, -0.2) is 64.8 Å². The van der Waals surface area contributed by atoms with E-state index in [0.29, 0.717) is 24.0 Å². The predicted octanol–water partition coefficient (Wildman–Crippen LogP) is 5.03. The summed E-state index contributed by atoms with van der Waals surface area (Å²) in [5.41, 5.74) is 6.46. The lowest BCUT2D eigenvalue weighted by atomic mass is 9.93. The molecule has 4 aromatic rings. The van der Waals surface area contributed by atoms with Crippen molar-refractivity contribution in [1.29, 1.82) is 5.41 Å². The van der Waals surface area contributed by atoms with E-state index >= 15 is 0 Å². The summed E-state index contributed by atoms with van der Waals surface area (Å²) in [6, 6.07) is 17.7. The molecule has 2 N–H and O–H groups in total. The minimum atomic E-state index is 0.212. The minimum absolute atomic E-state index is 0.212. The highest BCUT2D eigenvalue weighted by Crippen LogP contribution is 2.30. The van der Waals surface area contributed by atoms with Crippen molar-refractivity contribution < 1.29 is 14.3 Å². The van der Waals surface area contributed by atoms with Crippen LogP contribution in [0.15, 0.2) is 54.6 Å². The molecule has 41 heavy (non-hydrogen) atoms. The normalized spacial score (nSPS) is 17.7. The minimum Gasteiger partial charge on any atom is -0.473 e. The van der Waals surface area contributed by atoms with Crippen molar-refractivity contribution in [2.45, 2.75) is 51.0 Å².